The summed E-state index contributed by atoms with van der Waals surface area (Å²) in [6.45, 7) is 7.85. The lowest BCUT2D eigenvalue weighted by Gasteiger charge is -2.10. The van der Waals surface area contributed by atoms with Crippen molar-refractivity contribution in [1.82, 2.24) is 0 Å². The van der Waals surface area contributed by atoms with Crippen LogP contribution in [0.15, 0.2) is 140 Å². The molecule has 6 aromatic carbocycles. The Balaban J connectivity index is 1.15. The summed E-state index contributed by atoms with van der Waals surface area (Å²) in [4.78, 5) is 5.62. The van der Waals surface area contributed by atoms with Gasteiger partial charge in [0.2, 0.25) is 0 Å². The summed E-state index contributed by atoms with van der Waals surface area (Å²) in [5.41, 5.74) is 17.8. The maximum Gasteiger partial charge on any atom is 0.155 e. The standard InChI is InChI=1S/C38H34N8O2/c1-23-19-36(24(2)18-34(23)42-40-29-8-6-5-7-9-29)44-45-37-21-25(3)35(20-26(37)4)43-41-33-17-10-27-22-30(13-16-32(27)38(33)47)46-48-31-14-11-28(39)12-15-31/h5-22,46-47H,39H2,1-4H3. The molecule has 0 amide bonds. The summed E-state index contributed by atoms with van der Waals surface area (Å²) < 4.78 is 0. The zero-order valence-corrected chi connectivity index (χ0v) is 27.0. The van der Waals surface area contributed by atoms with Crippen LogP contribution in [0.1, 0.15) is 22.3 Å². The van der Waals surface area contributed by atoms with Crippen LogP contribution in [0.25, 0.3) is 10.8 Å². The number of phenols is 1. The van der Waals surface area contributed by atoms with Crippen molar-refractivity contribution in [3.8, 4) is 11.5 Å². The smallest absolute Gasteiger partial charge is 0.155 e. The summed E-state index contributed by atoms with van der Waals surface area (Å²) in [5.74, 6) is 0.670. The van der Waals surface area contributed by atoms with Crippen LogP contribution in [-0.4, -0.2) is 5.11 Å². The van der Waals surface area contributed by atoms with Crippen LogP contribution >= 0.6 is 0 Å². The summed E-state index contributed by atoms with van der Waals surface area (Å²) >= 11 is 0. The van der Waals surface area contributed by atoms with Gasteiger partial charge in [-0.1, -0.05) is 24.3 Å². The van der Waals surface area contributed by atoms with E-state index < -0.39 is 0 Å². The molecule has 238 valence electrons. The van der Waals surface area contributed by atoms with Gasteiger partial charge in [-0.15, -0.1) is 5.11 Å². The number of hydrogen-bond acceptors (Lipinski definition) is 10. The van der Waals surface area contributed by atoms with Crippen molar-refractivity contribution in [1.29, 1.82) is 0 Å². The maximum absolute atomic E-state index is 11.0. The number of nitrogen functional groups attached to an aromatic ring is 1. The largest absolute Gasteiger partial charge is 0.505 e. The molecule has 0 aliphatic rings. The molecule has 0 fully saturated rings. The van der Waals surface area contributed by atoms with Gasteiger partial charge in [0.05, 0.1) is 34.1 Å². The number of aromatic hydroxyl groups is 1. The Bertz CT molecular complexity index is 2190. The second kappa shape index (κ2) is 13.9. The van der Waals surface area contributed by atoms with Crippen LogP contribution in [0, 0.1) is 27.7 Å². The van der Waals surface area contributed by atoms with E-state index in [1.165, 1.54) is 0 Å². The van der Waals surface area contributed by atoms with E-state index in [2.05, 4.69) is 36.2 Å². The number of nitrogens with two attached hydrogens (primary N) is 1. The molecule has 0 spiro atoms. The van der Waals surface area contributed by atoms with Crippen molar-refractivity contribution in [2.75, 3.05) is 11.2 Å². The monoisotopic (exact) mass is 634 g/mol. The van der Waals surface area contributed by atoms with Gasteiger partial charge in [-0.05, 0) is 140 Å². The minimum Gasteiger partial charge on any atom is -0.505 e. The predicted octanol–water partition coefficient (Wildman–Crippen LogP) is 12.0. The highest BCUT2D eigenvalue weighted by molar-refractivity contribution is 5.94. The molecule has 10 nitrogen and oxygen atoms in total. The molecule has 10 heteroatoms. The fourth-order valence-corrected chi connectivity index (χ4v) is 4.92. The van der Waals surface area contributed by atoms with Crippen LogP contribution in [0.3, 0.4) is 0 Å². The molecule has 0 atom stereocenters. The van der Waals surface area contributed by atoms with Crippen molar-refractivity contribution in [2.45, 2.75) is 27.7 Å². The molecular weight excluding hydrogens is 600 g/mol. The first-order chi connectivity index (χ1) is 23.2. The number of anilines is 2. The van der Waals surface area contributed by atoms with Crippen LogP contribution in [0.2, 0.25) is 0 Å². The Kier molecular flexibility index (Phi) is 9.15. The van der Waals surface area contributed by atoms with E-state index in [4.69, 9.17) is 10.6 Å². The molecule has 0 saturated carbocycles. The zero-order chi connectivity index (χ0) is 33.6. The molecular formula is C38H34N8O2. The number of rotatable bonds is 9. The third-order valence-corrected chi connectivity index (χ3v) is 7.73. The van der Waals surface area contributed by atoms with Crippen LogP contribution < -0.4 is 16.1 Å². The molecule has 0 heterocycles. The number of nitrogens with one attached hydrogen (secondary N) is 1. The maximum atomic E-state index is 11.0. The number of fused-ring (bicyclic) bond motifs is 1. The summed E-state index contributed by atoms with van der Waals surface area (Å²) in [7, 11) is 0. The second-order valence-electron chi connectivity index (χ2n) is 11.4. The van der Waals surface area contributed by atoms with Crippen LogP contribution in [0.4, 0.5) is 45.5 Å². The van der Waals surface area contributed by atoms with Crippen molar-refractivity contribution >= 4 is 56.3 Å². The number of phenolic OH excluding ortho intramolecular Hbond substituents is 1. The van der Waals surface area contributed by atoms with Gasteiger partial charge in [-0.2, -0.15) is 25.6 Å². The number of aryl methyl sites for hydroxylation is 4. The normalized spacial score (nSPS) is 11.7. The Morgan fingerprint density at radius 2 is 1.06 bits per heavy atom. The van der Waals surface area contributed by atoms with E-state index in [9.17, 15) is 5.11 Å². The molecule has 0 radical (unpaired) electrons. The number of benzene rings is 6. The summed E-state index contributed by atoms with van der Waals surface area (Å²) in [6.07, 6.45) is 0. The van der Waals surface area contributed by atoms with Gasteiger partial charge < -0.3 is 15.7 Å². The number of nitrogens with zero attached hydrogens (tertiary/aromatic N) is 6. The minimum absolute atomic E-state index is 0.0419. The van der Waals surface area contributed by atoms with E-state index in [1.54, 1.807) is 36.4 Å². The van der Waals surface area contributed by atoms with E-state index in [0.717, 1.165) is 56.1 Å². The third kappa shape index (κ3) is 7.34. The molecule has 6 aromatic rings. The molecule has 48 heavy (non-hydrogen) atoms. The SMILES string of the molecule is Cc1cc(N=Nc2cc(C)c(N=Nc3ccc4cc(NOc5ccc(N)cc5)ccc4c3O)cc2C)c(C)cc1N=Nc1ccccc1. The Hall–Kier alpha value is -6.42. The summed E-state index contributed by atoms with van der Waals surface area (Å²) in [6, 6.07) is 33.6. The molecule has 0 aromatic heterocycles. The van der Waals surface area contributed by atoms with Gasteiger partial charge in [0, 0.05) is 11.1 Å². The first-order valence-electron chi connectivity index (χ1n) is 15.3. The van der Waals surface area contributed by atoms with Gasteiger partial charge in [-0.3, -0.25) is 0 Å². The fourth-order valence-electron chi connectivity index (χ4n) is 4.92. The van der Waals surface area contributed by atoms with Crippen molar-refractivity contribution < 1.29 is 9.94 Å². The van der Waals surface area contributed by atoms with Gasteiger partial charge >= 0.3 is 0 Å². The Morgan fingerprint density at radius 3 is 1.62 bits per heavy atom. The van der Waals surface area contributed by atoms with E-state index in [-0.39, 0.29) is 5.75 Å². The predicted molar refractivity (Wildman–Crippen MR) is 192 cm³/mol. The quantitative estimate of drug-likeness (QED) is 0.0826. The molecule has 0 aliphatic carbocycles. The Labute approximate surface area is 278 Å². The lowest BCUT2D eigenvalue weighted by molar-refractivity contribution is 0.405. The molecule has 4 N–H and O–H groups in total. The van der Waals surface area contributed by atoms with Gasteiger partial charge in [0.1, 0.15) is 5.69 Å². The average Bonchev–Trinajstić information content (AvgIpc) is 3.09. The van der Waals surface area contributed by atoms with Gasteiger partial charge in [-0.25, -0.2) is 5.48 Å². The lowest BCUT2D eigenvalue weighted by Crippen LogP contribution is -2.04. The van der Waals surface area contributed by atoms with Crippen LogP contribution in [-0.2, 0) is 0 Å². The molecule has 0 aliphatic heterocycles. The molecule has 6 rings (SSSR count). The van der Waals surface area contributed by atoms with Gasteiger partial charge in [0.25, 0.3) is 0 Å². The zero-order valence-electron chi connectivity index (χ0n) is 27.0. The highest BCUT2D eigenvalue weighted by Gasteiger charge is 2.10. The average molecular weight is 635 g/mol. The number of azo groups is 3. The first kappa shape index (κ1) is 31.6. The third-order valence-electron chi connectivity index (χ3n) is 7.73. The molecule has 0 unspecified atom stereocenters. The van der Waals surface area contributed by atoms with E-state index >= 15 is 0 Å². The first-order valence-corrected chi connectivity index (χ1v) is 15.3. The topological polar surface area (TPSA) is 142 Å². The van der Waals surface area contributed by atoms with Crippen LogP contribution in [0.5, 0.6) is 11.5 Å². The Morgan fingerprint density at radius 1 is 0.542 bits per heavy atom. The second-order valence-corrected chi connectivity index (χ2v) is 11.4. The summed E-state index contributed by atoms with van der Waals surface area (Å²) in [5, 5.41) is 39.1. The van der Waals surface area contributed by atoms with Crippen molar-refractivity contribution in [3.05, 3.63) is 131 Å². The number of hydrogen-bond donors (Lipinski definition) is 3. The molecule has 0 saturated heterocycles. The fraction of sp³-hybridized carbons (Fsp3) is 0.105. The highest BCUT2D eigenvalue weighted by atomic mass is 16.6. The van der Waals surface area contributed by atoms with Crippen molar-refractivity contribution in [2.24, 2.45) is 30.7 Å². The molecule has 0 bridgehead atoms. The van der Waals surface area contributed by atoms with E-state index in [1.807, 2.05) is 100 Å². The lowest BCUT2D eigenvalue weighted by atomic mass is 10.1. The highest BCUT2D eigenvalue weighted by Crippen LogP contribution is 2.38. The minimum atomic E-state index is 0.0419. The van der Waals surface area contributed by atoms with Gasteiger partial charge in [0.15, 0.2) is 11.5 Å². The van der Waals surface area contributed by atoms with E-state index in [0.29, 0.717) is 28.2 Å². The van der Waals surface area contributed by atoms with Crippen molar-refractivity contribution in [3.63, 3.8) is 0 Å².